The lowest BCUT2D eigenvalue weighted by Crippen LogP contribution is -2.51. The summed E-state index contributed by atoms with van der Waals surface area (Å²) in [7, 11) is 0. The highest BCUT2D eigenvalue weighted by Gasteiger charge is 2.44. The Kier molecular flexibility index (Phi) is 5.22. The van der Waals surface area contributed by atoms with E-state index in [2.05, 4.69) is 0 Å². The molecule has 0 spiro atoms. The van der Waals surface area contributed by atoms with Crippen LogP contribution in [0.15, 0.2) is 12.1 Å². The van der Waals surface area contributed by atoms with E-state index >= 15 is 0 Å². The Hall–Kier alpha value is -2.09. The summed E-state index contributed by atoms with van der Waals surface area (Å²) in [6, 6.07) is 0.945. The second-order valence-electron chi connectivity index (χ2n) is 7.29. The van der Waals surface area contributed by atoms with Crippen LogP contribution in [0.4, 0.5) is 13.2 Å². The van der Waals surface area contributed by atoms with Gasteiger partial charge in [0.2, 0.25) is 11.8 Å². The summed E-state index contributed by atoms with van der Waals surface area (Å²) in [4.78, 5) is 25.0. The lowest BCUT2D eigenvalue weighted by molar-refractivity contribution is -0.139. The molecular formula is C18H22F3N3O2. The predicted molar refractivity (Wildman–Crippen MR) is 88.2 cm³/mol. The number of carbonyl (C=O) groups is 2. The Morgan fingerprint density at radius 1 is 1.08 bits per heavy atom. The van der Waals surface area contributed by atoms with Gasteiger partial charge in [0.25, 0.3) is 0 Å². The first kappa shape index (κ1) is 18.7. The van der Waals surface area contributed by atoms with Crippen molar-refractivity contribution >= 4 is 11.8 Å². The summed E-state index contributed by atoms with van der Waals surface area (Å²) in [6.07, 6.45) is 2.75. The van der Waals surface area contributed by atoms with E-state index in [9.17, 15) is 22.8 Å². The molecule has 2 fully saturated rings. The minimum atomic E-state index is -1.22. The van der Waals surface area contributed by atoms with Crippen molar-refractivity contribution in [2.24, 2.45) is 17.4 Å². The van der Waals surface area contributed by atoms with Crippen LogP contribution in [0.25, 0.3) is 0 Å². The summed E-state index contributed by atoms with van der Waals surface area (Å²) in [5.41, 5.74) is 11.4. The Labute approximate surface area is 149 Å². The van der Waals surface area contributed by atoms with Crippen LogP contribution in [0.3, 0.4) is 0 Å². The van der Waals surface area contributed by atoms with E-state index in [0.29, 0.717) is 18.9 Å². The molecule has 2 aliphatic rings. The molecule has 4 atom stereocenters. The molecule has 2 aliphatic heterocycles. The third-order valence-electron chi connectivity index (χ3n) is 5.53. The molecule has 26 heavy (non-hydrogen) atoms. The zero-order chi connectivity index (χ0) is 19.0. The Bertz CT molecular complexity index is 714. The number of benzene rings is 1. The van der Waals surface area contributed by atoms with Crippen molar-refractivity contribution in [2.45, 2.75) is 56.7 Å². The molecule has 1 aromatic carbocycles. The SMILES string of the molecule is NC(=O)CC(=O)N1C2CC[C@H]1CC([C@H](N)Cc1cc(F)c(F)cc1F)C2. The van der Waals surface area contributed by atoms with E-state index in [1.165, 1.54) is 0 Å². The first-order valence-electron chi connectivity index (χ1n) is 8.74. The predicted octanol–water partition coefficient (Wildman–Crippen LogP) is 1.62. The third-order valence-corrected chi connectivity index (χ3v) is 5.53. The average Bonchev–Trinajstić information content (AvgIpc) is 2.82. The van der Waals surface area contributed by atoms with Gasteiger partial charge in [-0.1, -0.05) is 0 Å². The van der Waals surface area contributed by atoms with Gasteiger partial charge >= 0.3 is 0 Å². The van der Waals surface area contributed by atoms with Crippen molar-refractivity contribution in [2.75, 3.05) is 0 Å². The fraction of sp³-hybridized carbons (Fsp3) is 0.556. The van der Waals surface area contributed by atoms with Crippen LogP contribution in [-0.4, -0.2) is 34.8 Å². The van der Waals surface area contributed by atoms with Crippen molar-refractivity contribution in [3.63, 3.8) is 0 Å². The highest BCUT2D eigenvalue weighted by molar-refractivity contribution is 5.96. The second-order valence-corrected chi connectivity index (χ2v) is 7.29. The zero-order valence-electron chi connectivity index (χ0n) is 14.3. The van der Waals surface area contributed by atoms with E-state index in [1.54, 1.807) is 4.90 Å². The van der Waals surface area contributed by atoms with Crippen LogP contribution in [0.1, 0.15) is 37.7 Å². The van der Waals surface area contributed by atoms with Gasteiger partial charge in [0.15, 0.2) is 11.6 Å². The second kappa shape index (κ2) is 7.26. The highest BCUT2D eigenvalue weighted by atomic mass is 19.2. The number of fused-ring (bicyclic) bond motifs is 2. The molecule has 142 valence electrons. The monoisotopic (exact) mass is 369 g/mol. The number of hydrogen-bond donors (Lipinski definition) is 2. The maximum Gasteiger partial charge on any atom is 0.232 e. The third kappa shape index (κ3) is 3.70. The van der Waals surface area contributed by atoms with E-state index in [1.807, 2.05) is 0 Å². The van der Waals surface area contributed by atoms with E-state index < -0.39 is 29.4 Å². The average molecular weight is 369 g/mol. The van der Waals surface area contributed by atoms with Crippen molar-refractivity contribution in [3.8, 4) is 0 Å². The molecule has 2 heterocycles. The smallest absolute Gasteiger partial charge is 0.232 e. The van der Waals surface area contributed by atoms with Gasteiger partial charge in [-0.3, -0.25) is 9.59 Å². The zero-order valence-corrected chi connectivity index (χ0v) is 14.3. The quantitative estimate of drug-likeness (QED) is 0.611. The largest absolute Gasteiger partial charge is 0.369 e. The summed E-state index contributed by atoms with van der Waals surface area (Å²) in [6.45, 7) is 0. The number of nitrogens with zero attached hydrogens (tertiary/aromatic N) is 1. The van der Waals surface area contributed by atoms with E-state index in [4.69, 9.17) is 11.5 Å². The van der Waals surface area contributed by atoms with Gasteiger partial charge in [-0.15, -0.1) is 0 Å². The minimum Gasteiger partial charge on any atom is -0.369 e. The topological polar surface area (TPSA) is 89.4 Å². The number of nitrogens with two attached hydrogens (primary N) is 2. The first-order valence-corrected chi connectivity index (χ1v) is 8.74. The van der Waals surface area contributed by atoms with Crippen LogP contribution >= 0.6 is 0 Å². The summed E-state index contributed by atoms with van der Waals surface area (Å²) in [5, 5.41) is 0. The van der Waals surface area contributed by atoms with E-state index in [-0.39, 0.29) is 42.3 Å². The normalized spacial score (nSPS) is 26.0. The van der Waals surface area contributed by atoms with Gasteiger partial charge in [-0.05, 0) is 49.7 Å². The summed E-state index contributed by atoms with van der Waals surface area (Å²) in [5.74, 6) is -4.00. The van der Waals surface area contributed by atoms with Gasteiger partial charge in [0.1, 0.15) is 12.2 Å². The van der Waals surface area contributed by atoms with Crippen LogP contribution in [0, 0.1) is 23.4 Å². The molecule has 2 saturated heterocycles. The van der Waals surface area contributed by atoms with Gasteiger partial charge in [-0.25, -0.2) is 13.2 Å². The maximum atomic E-state index is 13.9. The van der Waals surface area contributed by atoms with Crippen LogP contribution < -0.4 is 11.5 Å². The molecular weight excluding hydrogens is 347 g/mol. The number of piperidine rings is 1. The fourth-order valence-corrected chi connectivity index (χ4v) is 4.36. The van der Waals surface area contributed by atoms with Crippen molar-refractivity contribution in [1.82, 2.24) is 4.90 Å². The molecule has 0 aromatic heterocycles. The van der Waals surface area contributed by atoms with Gasteiger partial charge < -0.3 is 16.4 Å². The van der Waals surface area contributed by atoms with Crippen LogP contribution in [0.5, 0.6) is 0 Å². The molecule has 8 heteroatoms. The van der Waals surface area contributed by atoms with E-state index in [0.717, 1.165) is 18.9 Å². The fourth-order valence-electron chi connectivity index (χ4n) is 4.36. The summed E-state index contributed by atoms with van der Waals surface area (Å²) < 4.78 is 40.3. The molecule has 3 rings (SSSR count). The molecule has 2 bridgehead atoms. The minimum absolute atomic E-state index is 0.00792. The summed E-state index contributed by atoms with van der Waals surface area (Å²) >= 11 is 0. The highest BCUT2D eigenvalue weighted by Crippen LogP contribution is 2.40. The molecule has 4 N–H and O–H groups in total. The van der Waals surface area contributed by atoms with Crippen molar-refractivity contribution in [3.05, 3.63) is 35.1 Å². The van der Waals surface area contributed by atoms with Crippen molar-refractivity contribution in [1.29, 1.82) is 0 Å². The lowest BCUT2D eigenvalue weighted by atomic mass is 9.82. The lowest BCUT2D eigenvalue weighted by Gasteiger charge is -2.41. The molecule has 2 unspecified atom stereocenters. The van der Waals surface area contributed by atoms with Gasteiger partial charge in [-0.2, -0.15) is 0 Å². The molecule has 2 amide bonds. The number of carbonyl (C=O) groups excluding carboxylic acids is 2. The molecule has 0 saturated carbocycles. The Morgan fingerprint density at radius 3 is 2.23 bits per heavy atom. The molecule has 1 aromatic rings. The van der Waals surface area contributed by atoms with Crippen LogP contribution in [-0.2, 0) is 16.0 Å². The number of rotatable bonds is 5. The Morgan fingerprint density at radius 2 is 1.65 bits per heavy atom. The standard InChI is InChI=1S/C18H22F3N3O2/c19-13-7-15(21)14(20)5-9(13)6-16(22)10-3-11-1-2-12(4-10)24(11)18(26)8-17(23)25/h5,7,10-12,16H,1-4,6,8,22H2,(H2,23,25)/t10?,11-,12?,16+/m0/s1. The number of hydrogen-bond acceptors (Lipinski definition) is 3. The maximum absolute atomic E-state index is 13.9. The van der Waals surface area contributed by atoms with Gasteiger partial charge in [0.05, 0.1) is 0 Å². The van der Waals surface area contributed by atoms with Crippen LogP contribution in [0.2, 0.25) is 0 Å². The van der Waals surface area contributed by atoms with Gasteiger partial charge in [0, 0.05) is 24.2 Å². The first-order chi connectivity index (χ1) is 12.3. The number of amides is 2. The molecule has 0 radical (unpaired) electrons. The number of primary amides is 1. The molecule has 0 aliphatic carbocycles. The van der Waals surface area contributed by atoms with Crippen molar-refractivity contribution < 1.29 is 22.8 Å². The Balaban J connectivity index is 1.66. The molecule has 5 nitrogen and oxygen atoms in total. The number of halogens is 3.